The number of ketones is 1. The lowest BCUT2D eigenvalue weighted by Gasteiger charge is -2.22. The highest BCUT2D eigenvalue weighted by molar-refractivity contribution is 5.92. The first-order chi connectivity index (χ1) is 17.8. The lowest BCUT2D eigenvalue weighted by atomic mass is 9.99. The van der Waals surface area contributed by atoms with Crippen molar-refractivity contribution in [2.75, 3.05) is 13.2 Å². The van der Waals surface area contributed by atoms with Crippen LogP contribution < -0.4 is 15.2 Å². The van der Waals surface area contributed by atoms with E-state index < -0.39 is 36.1 Å². The zero-order chi connectivity index (χ0) is 26.6. The Hall–Kier alpha value is -3.53. The summed E-state index contributed by atoms with van der Waals surface area (Å²) in [7, 11) is 0. The first kappa shape index (κ1) is 28.0. The number of carbonyl (C=O) groups excluding carboxylic acids is 3. The molecule has 1 aliphatic rings. The molecule has 198 valence electrons. The van der Waals surface area contributed by atoms with E-state index >= 15 is 0 Å². The predicted octanol–water partition coefficient (Wildman–Crippen LogP) is 2.58. The molecule has 9 heteroatoms. The van der Waals surface area contributed by atoms with E-state index in [-0.39, 0.29) is 31.8 Å². The van der Waals surface area contributed by atoms with Crippen LogP contribution in [0.25, 0.3) is 0 Å². The number of rotatable bonds is 14. The van der Waals surface area contributed by atoms with Gasteiger partial charge in [0.25, 0.3) is 0 Å². The maximum atomic E-state index is 12.3. The van der Waals surface area contributed by atoms with Crippen LogP contribution in [0.2, 0.25) is 0 Å². The Balaban J connectivity index is 1.35. The Morgan fingerprint density at radius 2 is 1.76 bits per heavy atom. The first-order valence-electron chi connectivity index (χ1n) is 12.3. The zero-order valence-corrected chi connectivity index (χ0v) is 20.5. The number of nitrogens with two attached hydrogens (primary N) is 1. The Morgan fingerprint density at radius 3 is 2.46 bits per heavy atom. The number of Topliss-reactive ketones (excluding diaryl/α,β-unsaturated/α-hetero) is 1. The van der Waals surface area contributed by atoms with Crippen molar-refractivity contribution in [3.8, 4) is 11.5 Å². The third-order valence-electron chi connectivity index (χ3n) is 5.95. The summed E-state index contributed by atoms with van der Waals surface area (Å²) in [6.07, 6.45) is 3.01. The first-order valence-corrected chi connectivity index (χ1v) is 12.3. The van der Waals surface area contributed by atoms with E-state index in [1.807, 2.05) is 30.4 Å². The van der Waals surface area contributed by atoms with Gasteiger partial charge in [-0.15, -0.1) is 0 Å². The van der Waals surface area contributed by atoms with Crippen LogP contribution in [0.1, 0.15) is 42.5 Å². The molecule has 0 saturated heterocycles. The van der Waals surface area contributed by atoms with Gasteiger partial charge in [0.15, 0.2) is 0 Å². The number of primary amides is 1. The summed E-state index contributed by atoms with van der Waals surface area (Å²) in [5, 5.41) is 20.4. The van der Waals surface area contributed by atoms with E-state index in [9.17, 15) is 24.6 Å². The lowest BCUT2D eigenvalue weighted by Crippen LogP contribution is -2.34. The smallest absolute Gasteiger partial charge is 0.311 e. The topological polar surface area (TPSA) is 145 Å². The average Bonchev–Trinajstić information content (AvgIpc) is 3.16. The molecule has 2 aromatic rings. The van der Waals surface area contributed by atoms with Crippen LogP contribution in [0.15, 0.2) is 66.7 Å². The molecule has 0 radical (unpaired) electrons. The molecule has 0 aliphatic heterocycles. The third kappa shape index (κ3) is 9.13. The molecule has 0 spiro atoms. The Labute approximate surface area is 215 Å². The number of carbonyl (C=O) groups is 3. The highest BCUT2D eigenvalue weighted by Gasteiger charge is 2.41. The summed E-state index contributed by atoms with van der Waals surface area (Å²) >= 11 is 0. The van der Waals surface area contributed by atoms with Gasteiger partial charge in [0.1, 0.15) is 30.0 Å². The quantitative estimate of drug-likeness (QED) is 0.152. The van der Waals surface area contributed by atoms with Crippen LogP contribution in [0.5, 0.6) is 11.5 Å². The average molecular weight is 512 g/mol. The number of aliphatic hydroxyl groups is 2. The van der Waals surface area contributed by atoms with Gasteiger partial charge >= 0.3 is 5.97 Å². The molecule has 0 bridgehead atoms. The van der Waals surface area contributed by atoms with Crippen molar-refractivity contribution < 1.29 is 38.8 Å². The Kier molecular flexibility index (Phi) is 10.8. The normalized spacial score (nSPS) is 20.2. The molecule has 0 heterocycles. The Morgan fingerprint density at radius 1 is 1.03 bits per heavy atom. The number of benzene rings is 2. The van der Waals surface area contributed by atoms with E-state index in [1.54, 1.807) is 12.1 Å². The lowest BCUT2D eigenvalue weighted by molar-refractivity contribution is -0.134. The maximum absolute atomic E-state index is 12.3. The third-order valence-corrected chi connectivity index (χ3v) is 5.95. The van der Waals surface area contributed by atoms with E-state index in [0.717, 1.165) is 0 Å². The molecule has 2 aromatic carbocycles. The van der Waals surface area contributed by atoms with Crippen LogP contribution >= 0.6 is 0 Å². The molecule has 3 rings (SSSR count). The largest absolute Gasteiger partial charge is 0.491 e. The molecule has 1 aliphatic carbocycles. The monoisotopic (exact) mass is 511 g/mol. The van der Waals surface area contributed by atoms with Crippen molar-refractivity contribution in [1.82, 2.24) is 0 Å². The minimum Gasteiger partial charge on any atom is -0.491 e. The number of hydrogen-bond acceptors (Lipinski definition) is 8. The fourth-order valence-electron chi connectivity index (χ4n) is 3.99. The highest BCUT2D eigenvalue weighted by Crippen LogP contribution is 2.29. The molecule has 9 nitrogen and oxygen atoms in total. The summed E-state index contributed by atoms with van der Waals surface area (Å²) in [6.45, 7) is -0.0259. The van der Waals surface area contributed by atoms with Crippen LogP contribution in [-0.2, 0) is 14.3 Å². The molecule has 1 amide bonds. The molecular weight excluding hydrogens is 478 g/mol. The minimum absolute atomic E-state index is 0.0199. The molecular formula is C28H33NO8. The van der Waals surface area contributed by atoms with Crippen LogP contribution in [0.3, 0.4) is 0 Å². The van der Waals surface area contributed by atoms with Gasteiger partial charge in [0, 0.05) is 24.3 Å². The van der Waals surface area contributed by atoms with Gasteiger partial charge in [-0.3, -0.25) is 14.4 Å². The number of aliphatic hydroxyl groups excluding tert-OH is 2. The van der Waals surface area contributed by atoms with Crippen molar-refractivity contribution in [3.63, 3.8) is 0 Å². The summed E-state index contributed by atoms with van der Waals surface area (Å²) in [6, 6.07) is 15.1. The van der Waals surface area contributed by atoms with Crippen molar-refractivity contribution in [1.29, 1.82) is 0 Å². The van der Waals surface area contributed by atoms with Crippen molar-refractivity contribution in [3.05, 3.63) is 72.3 Å². The number of para-hydroxylation sites is 1. The molecule has 1 saturated carbocycles. The van der Waals surface area contributed by atoms with Crippen molar-refractivity contribution in [2.45, 2.75) is 50.4 Å². The Bertz CT molecular complexity index is 1050. The second kappa shape index (κ2) is 14.3. The van der Waals surface area contributed by atoms with Gasteiger partial charge in [0.2, 0.25) is 5.91 Å². The number of ether oxygens (including phenoxy) is 3. The van der Waals surface area contributed by atoms with E-state index in [1.165, 1.54) is 24.3 Å². The van der Waals surface area contributed by atoms with Crippen LogP contribution in [0.4, 0.5) is 0 Å². The number of hydrogen-bond donors (Lipinski definition) is 3. The van der Waals surface area contributed by atoms with Gasteiger partial charge in [-0.05, 0) is 55.7 Å². The van der Waals surface area contributed by atoms with Gasteiger partial charge in [-0.1, -0.05) is 30.4 Å². The summed E-state index contributed by atoms with van der Waals surface area (Å²) in [5.41, 5.74) is 5.52. The van der Waals surface area contributed by atoms with E-state index in [4.69, 9.17) is 19.9 Å². The number of unbranched alkanes of at least 4 members (excludes halogenated alkanes) is 1. The SMILES string of the molecule is NC(=O)c1ccc(OC(=O)CCC/C=C\C[C@H]2C(=O)C[C@@H](O)[C@@H]2OCC(O)COc2ccccc2)cc1. The second-order valence-electron chi connectivity index (χ2n) is 8.88. The summed E-state index contributed by atoms with van der Waals surface area (Å²) in [4.78, 5) is 35.4. The van der Waals surface area contributed by atoms with Crippen molar-refractivity contribution in [2.24, 2.45) is 11.7 Å². The molecule has 37 heavy (non-hydrogen) atoms. The van der Waals surface area contributed by atoms with Crippen molar-refractivity contribution >= 4 is 17.7 Å². The highest BCUT2D eigenvalue weighted by atomic mass is 16.5. The zero-order valence-electron chi connectivity index (χ0n) is 20.5. The molecule has 0 aromatic heterocycles. The fourth-order valence-corrected chi connectivity index (χ4v) is 3.99. The van der Waals surface area contributed by atoms with Gasteiger partial charge in [-0.2, -0.15) is 0 Å². The standard InChI is InChI=1S/C28H33NO8/c29-28(34)19-12-14-22(15-13-19)37-26(33)11-7-2-1-6-10-23-24(31)16-25(32)27(23)36-18-20(30)17-35-21-8-4-3-5-9-21/h1,3-6,8-9,12-15,20,23,25,27,30,32H,2,7,10-11,16-18H2,(H2,29,34)/b6-1-/t20?,23-,25+,27+/m0/s1. The summed E-state index contributed by atoms with van der Waals surface area (Å²) in [5.74, 6) is -0.552. The summed E-state index contributed by atoms with van der Waals surface area (Å²) < 4.78 is 16.4. The number of amides is 1. The molecule has 4 N–H and O–H groups in total. The molecule has 4 atom stereocenters. The second-order valence-corrected chi connectivity index (χ2v) is 8.88. The molecule has 1 fully saturated rings. The number of esters is 1. The van der Waals surface area contributed by atoms with Crippen LogP contribution in [-0.4, -0.2) is 59.4 Å². The van der Waals surface area contributed by atoms with Gasteiger partial charge < -0.3 is 30.2 Å². The number of allylic oxidation sites excluding steroid dienone is 2. The van der Waals surface area contributed by atoms with Gasteiger partial charge in [-0.25, -0.2) is 0 Å². The maximum Gasteiger partial charge on any atom is 0.311 e. The van der Waals surface area contributed by atoms with E-state index in [0.29, 0.717) is 36.3 Å². The molecule has 1 unspecified atom stereocenters. The van der Waals surface area contributed by atoms with E-state index in [2.05, 4.69) is 0 Å². The van der Waals surface area contributed by atoms with Crippen LogP contribution in [0, 0.1) is 5.92 Å². The minimum atomic E-state index is -0.917. The predicted molar refractivity (Wildman–Crippen MR) is 135 cm³/mol. The fraction of sp³-hybridized carbons (Fsp3) is 0.393. The van der Waals surface area contributed by atoms with Gasteiger partial charge in [0.05, 0.1) is 18.8 Å².